The number of nitrogens with one attached hydrogen (secondary N) is 1. The van der Waals surface area contributed by atoms with Gasteiger partial charge in [0, 0.05) is 43.5 Å². The van der Waals surface area contributed by atoms with Crippen LogP contribution in [0.15, 0.2) is 48.5 Å². The number of benzene rings is 2. The van der Waals surface area contributed by atoms with Crippen LogP contribution in [0.2, 0.25) is 5.02 Å². The number of aryl methyl sites for hydroxylation is 2. The number of amides is 2. The Morgan fingerprint density at radius 1 is 1.08 bits per heavy atom. The number of methoxy groups -OCH3 is 1. The third kappa shape index (κ3) is 5.31. The van der Waals surface area contributed by atoms with Gasteiger partial charge in [0.2, 0.25) is 0 Å². The number of hydrogen-bond acceptors (Lipinski definition) is 6. The summed E-state index contributed by atoms with van der Waals surface area (Å²) in [7, 11) is 3.45. The molecule has 1 aliphatic carbocycles. The maximum atomic E-state index is 13.5. The van der Waals surface area contributed by atoms with Gasteiger partial charge in [-0.15, -0.1) is 0 Å². The van der Waals surface area contributed by atoms with Gasteiger partial charge in [-0.1, -0.05) is 29.8 Å². The molecule has 5 rings (SSSR count). The summed E-state index contributed by atoms with van der Waals surface area (Å²) in [5.74, 6) is 0.643. The summed E-state index contributed by atoms with van der Waals surface area (Å²) in [5.41, 5.74) is 4.13. The molecule has 1 fully saturated rings. The molecule has 2 aliphatic rings. The number of carbonyl (C=O) groups is 2. The van der Waals surface area contributed by atoms with Crippen LogP contribution >= 0.6 is 11.6 Å². The van der Waals surface area contributed by atoms with Crippen molar-refractivity contribution in [1.82, 2.24) is 20.2 Å². The third-order valence-corrected chi connectivity index (χ3v) is 7.88. The Morgan fingerprint density at radius 2 is 1.84 bits per heavy atom. The summed E-state index contributed by atoms with van der Waals surface area (Å²) in [6.45, 7) is 3.51. The number of halogens is 1. The smallest absolute Gasteiger partial charge is 0.318 e. The Hall–Kier alpha value is -3.65. The molecule has 0 bridgehead atoms. The van der Waals surface area contributed by atoms with Gasteiger partial charge in [-0.25, -0.2) is 4.98 Å². The Morgan fingerprint density at radius 3 is 2.58 bits per heavy atom. The second-order valence-electron chi connectivity index (χ2n) is 9.95. The average molecular weight is 534 g/mol. The lowest BCUT2D eigenvalue weighted by Gasteiger charge is -2.37. The second-order valence-corrected chi connectivity index (χ2v) is 10.4. The van der Waals surface area contributed by atoms with Crippen LogP contribution in [-0.4, -0.2) is 60.0 Å². The number of piperidine rings is 1. The average Bonchev–Trinajstić information content (AvgIpc) is 3.33. The zero-order valence-corrected chi connectivity index (χ0v) is 22.7. The number of rotatable bonds is 6. The zero-order valence-electron chi connectivity index (χ0n) is 21.9. The van der Waals surface area contributed by atoms with Crippen LogP contribution in [-0.2, 0) is 6.42 Å². The first-order valence-electron chi connectivity index (χ1n) is 12.9. The van der Waals surface area contributed by atoms with Crippen molar-refractivity contribution in [2.45, 2.75) is 44.7 Å². The molecule has 9 heteroatoms. The molecule has 0 radical (unpaired) electrons. The van der Waals surface area contributed by atoms with Crippen LogP contribution < -0.4 is 15.0 Å². The van der Waals surface area contributed by atoms with Gasteiger partial charge in [0.15, 0.2) is 0 Å². The summed E-state index contributed by atoms with van der Waals surface area (Å²) in [6, 6.07) is 15.2. The van der Waals surface area contributed by atoms with Crippen molar-refractivity contribution in [1.29, 1.82) is 0 Å². The van der Waals surface area contributed by atoms with Crippen LogP contribution in [0.5, 0.6) is 6.01 Å². The van der Waals surface area contributed by atoms with Crippen molar-refractivity contribution >= 4 is 29.2 Å². The van der Waals surface area contributed by atoms with E-state index in [0.29, 0.717) is 22.2 Å². The normalized spacial score (nSPS) is 17.2. The zero-order chi connectivity index (χ0) is 26.8. The van der Waals surface area contributed by atoms with E-state index in [2.05, 4.69) is 20.2 Å². The van der Waals surface area contributed by atoms with Crippen LogP contribution in [0.3, 0.4) is 0 Å². The Balaban J connectivity index is 1.24. The van der Waals surface area contributed by atoms with Crippen LogP contribution in [0.1, 0.15) is 62.8 Å². The van der Waals surface area contributed by atoms with Crippen molar-refractivity contribution in [2.75, 3.05) is 32.1 Å². The van der Waals surface area contributed by atoms with E-state index >= 15 is 0 Å². The SMILES string of the molecule is COc1nc(C)cc(N2CCC(N(C)C(=O)c3ccc4c(c3)[C@H](NC(=O)c3ccccc3Cl)CC4)CC2)n1. The minimum Gasteiger partial charge on any atom is -0.467 e. The summed E-state index contributed by atoms with van der Waals surface area (Å²) >= 11 is 6.22. The first-order chi connectivity index (χ1) is 18.3. The molecular weight excluding hydrogens is 502 g/mol. The second kappa shape index (κ2) is 11.0. The largest absolute Gasteiger partial charge is 0.467 e. The molecule has 1 saturated heterocycles. The van der Waals surface area contributed by atoms with Crippen molar-refractivity contribution in [3.63, 3.8) is 0 Å². The van der Waals surface area contributed by atoms with E-state index in [-0.39, 0.29) is 23.9 Å². The van der Waals surface area contributed by atoms with Gasteiger partial charge in [-0.2, -0.15) is 4.98 Å². The standard InChI is InChI=1S/C29H32ClN5O3/c1-18-16-26(33-29(31-18)38-3)35-14-12-21(13-15-35)34(2)28(37)20-9-8-19-10-11-25(23(19)17-20)32-27(36)22-6-4-5-7-24(22)30/h4-9,16-17,21,25H,10-15H2,1-3H3,(H,32,36)/t25-/m1/s1. The molecule has 2 amide bonds. The molecule has 0 spiro atoms. The topological polar surface area (TPSA) is 87.7 Å². The molecule has 0 saturated carbocycles. The molecule has 198 valence electrons. The number of fused-ring (bicyclic) bond motifs is 1. The summed E-state index contributed by atoms with van der Waals surface area (Å²) in [6.07, 6.45) is 3.34. The number of carbonyl (C=O) groups excluding carboxylic acids is 2. The molecular formula is C29H32ClN5O3. The van der Waals surface area contributed by atoms with Crippen molar-refractivity contribution in [2.24, 2.45) is 0 Å². The molecule has 8 nitrogen and oxygen atoms in total. The highest BCUT2D eigenvalue weighted by Crippen LogP contribution is 2.33. The minimum absolute atomic E-state index is 0.00567. The van der Waals surface area contributed by atoms with Gasteiger partial charge in [0.1, 0.15) is 5.82 Å². The summed E-state index contributed by atoms with van der Waals surface area (Å²) in [5, 5.41) is 3.54. The molecule has 38 heavy (non-hydrogen) atoms. The highest BCUT2D eigenvalue weighted by Gasteiger charge is 2.30. The highest BCUT2D eigenvalue weighted by atomic mass is 35.5. The van der Waals surface area contributed by atoms with E-state index in [9.17, 15) is 9.59 Å². The van der Waals surface area contributed by atoms with E-state index in [1.807, 2.05) is 43.1 Å². The van der Waals surface area contributed by atoms with Crippen LogP contribution in [0, 0.1) is 6.92 Å². The number of hydrogen-bond donors (Lipinski definition) is 1. The lowest BCUT2D eigenvalue weighted by molar-refractivity contribution is 0.0709. The molecule has 3 aromatic rings. The lowest BCUT2D eigenvalue weighted by atomic mass is 10.00. The van der Waals surface area contributed by atoms with E-state index in [1.54, 1.807) is 31.4 Å². The maximum Gasteiger partial charge on any atom is 0.318 e. The van der Waals surface area contributed by atoms with Crippen molar-refractivity contribution in [3.8, 4) is 6.01 Å². The Kier molecular flexibility index (Phi) is 7.51. The fourth-order valence-electron chi connectivity index (χ4n) is 5.40. The molecule has 1 aromatic heterocycles. The monoisotopic (exact) mass is 533 g/mol. The predicted octanol–water partition coefficient (Wildman–Crippen LogP) is 4.61. The minimum atomic E-state index is -0.203. The molecule has 2 aromatic carbocycles. The molecule has 2 heterocycles. The summed E-state index contributed by atoms with van der Waals surface area (Å²) in [4.78, 5) is 39.2. The van der Waals surface area contributed by atoms with E-state index in [0.717, 1.165) is 61.4 Å². The lowest BCUT2D eigenvalue weighted by Crippen LogP contribution is -2.46. The van der Waals surface area contributed by atoms with Crippen LogP contribution in [0.25, 0.3) is 0 Å². The van der Waals surface area contributed by atoms with Crippen molar-refractivity contribution in [3.05, 3.63) is 81.5 Å². The Labute approximate surface area is 228 Å². The first kappa shape index (κ1) is 26.0. The Bertz CT molecular complexity index is 1360. The number of anilines is 1. The van der Waals surface area contributed by atoms with Gasteiger partial charge in [0.05, 0.1) is 23.7 Å². The highest BCUT2D eigenvalue weighted by molar-refractivity contribution is 6.33. The van der Waals surface area contributed by atoms with Gasteiger partial charge >= 0.3 is 6.01 Å². The van der Waals surface area contributed by atoms with Gasteiger partial charge in [-0.05, 0) is 68.0 Å². The number of ether oxygens (including phenoxy) is 1. The quantitative estimate of drug-likeness (QED) is 0.498. The molecule has 0 unspecified atom stereocenters. The van der Waals surface area contributed by atoms with Gasteiger partial charge < -0.3 is 19.9 Å². The van der Waals surface area contributed by atoms with Crippen molar-refractivity contribution < 1.29 is 14.3 Å². The summed E-state index contributed by atoms with van der Waals surface area (Å²) < 4.78 is 5.22. The number of aromatic nitrogens is 2. The van der Waals surface area contributed by atoms with Crippen LogP contribution in [0.4, 0.5) is 5.82 Å². The van der Waals surface area contributed by atoms with Gasteiger partial charge in [-0.3, -0.25) is 9.59 Å². The molecule has 1 N–H and O–H groups in total. The maximum absolute atomic E-state index is 13.5. The van der Waals surface area contributed by atoms with E-state index in [1.165, 1.54) is 0 Å². The fraction of sp³-hybridized carbons (Fsp3) is 0.379. The fourth-order valence-corrected chi connectivity index (χ4v) is 5.62. The first-order valence-corrected chi connectivity index (χ1v) is 13.3. The molecule has 1 atom stereocenters. The third-order valence-electron chi connectivity index (χ3n) is 7.55. The number of nitrogens with zero attached hydrogens (tertiary/aromatic N) is 4. The van der Waals surface area contributed by atoms with E-state index < -0.39 is 0 Å². The predicted molar refractivity (Wildman–Crippen MR) is 147 cm³/mol. The van der Waals surface area contributed by atoms with Gasteiger partial charge in [0.25, 0.3) is 11.8 Å². The van der Waals surface area contributed by atoms with E-state index in [4.69, 9.17) is 16.3 Å². The molecule has 1 aliphatic heterocycles.